The van der Waals surface area contributed by atoms with E-state index in [9.17, 15) is 50.4 Å². The molecule has 5 aromatic rings. The fraction of sp³-hybridized carbons (Fsp3) is 0.300. The van der Waals surface area contributed by atoms with Crippen LogP contribution in [0.2, 0.25) is 0 Å². The summed E-state index contributed by atoms with van der Waals surface area (Å²) >= 11 is 0. The van der Waals surface area contributed by atoms with Gasteiger partial charge in [0.2, 0.25) is 18.3 Å². The zero-order valence-electron chi connectivity index (χ0n) is 30.8. The Labute approximate surface area is 333 Å². The Balaban J connectivity index is 1.16. The fourth-order valence-corrected chi connectivity index (χ4v) is 7.70. The van der Waals surface area contributed by atoms with Crippen LogP contribution in [0.3, 0.4) is 0 Å². The number of anilines is 1. The SMILES string of the molecule is Nc1ccc(C(O)COc2ccc(-c3cc(=O)c4c(O)c(OC(O)c5cccc(O)c5)c(OC5OC(C(=O)O)C6(O)C(C7CNCN7)C=CC5(O)C6O)cc4o3)cc2)[nH]1. The number of aromatic amines is 1. The van der Waals surface area contributed by atoms with Gasteiger partial charge in [0.05, 0.1) is 0 Å². The summed E-state index contributed by atoms with van der Waals surface area (Å²) < 4.78 is 29.2. The third-order valence-corrected chi connectivity index (χ3v) is 10.7. The van der Waals surface area contributed by atoms with Crippen LogP contribution >= 0.6 is 0 Å². The molecule has 0 radical (unpaired) electrons. The van der Waals surface area contributed by atoms with Gasteiger partial charge in [-0.25, -0.2) is 4.79 Å². The van der Waals surface area contributed by atoms with Gasteiger partial charge in [-0.1, -0.05) is 18.2 Å². The number of phenolic OH excluding ortho intramolecular Hbond substituents is 2. The molecule has 0 spiro atoms. The molecule has 3 aromatic carbocycles. The van der Waals surface area contributed by atoms with E-state index in [1.54, 1.807) is 36.4 Å². The standard InChI is InChI=1S/C40H40N4O15/c41-30-9-8-23(44-30)26(47)16-55-21-6-4-18(5-7-21)27-13-25(46)31-28(56-27)14-29(33(32(31)48)58-36(51)19-2-1-3-20(45)12-19)57-38-39(53)11-10-22(24-15-42-17-43-24)40(54,37(39)52)34(59-38)35(49)50/h1-14,22,24,26,34,36-38,42-45,47-48,51-54H,15-17,41H2,(H,49,50). The first-order valence-corrected chi connectivity index (χ1v) is 18.3. The Bertz CT molecular complexity index is 2470. The number of H-pyrrole nitrogens is 1. The van der Waals surface area contributed by atoms with Crippen molar-refractivity contribution < 1.29 is 69.0 Å². The maximum Gasteiger partial charge on any atom is 0.336 e. The maximum absolute atomic E-state index is 13.7. The molecular formula is C40H40N4O15. The average molecular weight is 817 g/mol. The number of aliphatic hydroxyl groups is 5. The zero-order chi connectivity index (χ0) is 41.8. The number of aliphatic carboxylic acids is 1. The van der Waals surface area contributed by atoms with Gasteiger partial charge in [0.1, 0.15) is 58.5 Å². The second-order valence-corrected chi connectivity index (χ2v) is 14.5. The van der Waals surface area contributed by atoms with Crippen molar-refractivity contribution in [3.63, 3.8) is 0 Å². The number of aromatic hydroxyl groups is 2. The number of benzene rings is 3. The molecule has 2 aromatic heterocycles. The van der Waals surface area contributed by atoms with Gasteiger partial charge < -0.3 is 80.3 Å². The van der Waals surface area contributed by atoms with E-state index < -0.39 is 88.1 Å². The lowest BCUT2D eigenvalue weighted by Gasteiger charge is -2.56. The van der Waals surface area contributed by atoms with Crippen LogP contribution in [0.5, 0.6) is 28.7 Å². The van der Waals surface area contributed by atoms with Crippen molar-refractivity contribution in [3.8, 4) is 40.1 Å². The lowest BCUT2D eigenvalue weighted by atomic mass is 9.63. The highest BCUT2D eigenvalue weighted by Gasteiger charge is 2.70. The third-order valence-electron chi connectivity index (χ3n) is 10.7. The first-order chi connectivity index (χ1) is 28.2. The Morgan fingerprint density at radius 2 is 1.81 bits per heavy atom. The predicted molar refractivity (Wildman–Crippen MR) is 204 cm³/mol. The van der Waals surface area contributed by atoms with Crippen LogP contribution in [0, 0.1) is 5.92 Å². The Hall–Kier alpha value is -6.16. The quantitative estimate of drug-likeness (QED) is 0.0608. The van der Waals surface area contributed by atoms with E-state index in [4.69, 9.17) is 29.1 Å². The third kappa shape index (κ3) is 7.08. The van der Waals surface area contributed by atoms with Crippen LogP contribution in [-0.4, -0.2) is 107 Å². The summed E-state index contributed by atoms with van der Waals surface area (Å²) in [6.45, 7) is 0.534. The number of aliphatic hydroxyl groups excluding tert-OH is 3. The summed E-state index contributed by atoms with van der Waals surface area (Å²) in [5.74, 6) is -4.40. The summed E-state index contributed by atoms with van der Waals surface area (Å²) in [4.78, 5) is 29.2. The van der Waals surface area contributed by atoms with E-state index in [2.05, 4.69) is 15.6 Å². The number of carbonyl (C=O) groups is 1. The highest BCUT2D eigenvalue weighted by molar-refractivity contribution is 5.89. The summed E-state index contributed by atoms with van der Waals surface area (Å²) in [6, 6.07) is 16.4. The number of aromatic nitrogens is 1. The molecule has 19 heteroatoms. The molecule has 3 aliphatic rings. The minimum Gasteiger partial charge on any atom is -0.508 e. The minimum absolute atomic E-state index is 0.00371. The number of rotatable bonds is 12. The average Bonchev–Trinajstić information content (AvgIpc) is 3.90. The van der Waals surface area contributed by atoms with Crippen molar-refractivity contribution in [2.75, 3.05) is 25.6 Å². The Morgan fingerprint density at radius 1 is 1.03 bits per heavy atom. The summed E-state index contributed by atoms with van der Waals surface area (Å²) in [5.41, 5.74) is 0.255. The Kier molecular flexibility index (Phi) is 10.2. The number of nitrogens with one attached hydrogen (secondary N) is 3. The predicted octanol–water partition coefficient (Wildman–Crippen LogP) is 0.680. The van der Waals surface area contributed by atoms with Crippen molar-refractivity contribution in [2.45, 2.75) is 48.1 Å². The largest absolute Gasteiger partial charge is 0.508 e. The molecule has 2 saturated heterocycles. The van der Waals surface area contributed by atoms with Crippen molar-refractivity contribution in [1.82, 2.24) is 15.6 Å². The number of hydrogen-bond donors (Lipinski definition) is 12. The maximum atomic E-state index is 13.7. The van der Waals surface area contributed by atoms with Crippen molar-refractivity contribution >= 4 is 22.8 Å². The van der Waals surface area contributed by atoms with Crippen LogP contribution in [0.15, 0.2) is 94.2 Å². The molecule has 1 aliphatic carbocycles. The number of hydrogen-bond acceptors (Lipinski definition) is 17. The number of fused-ring (bicyclic) bond motifs is 3. The van der Waals surface area contributed by atoms with E-state index in [-0.39, 0.29) is 29.3 Å². The van der Waals surface area contributed by atoms with E-state index in [0.717, 1.165) is 18.2 Å². The first kappa shape index (κ1) is 39.7. The highest BCUT2D eigenvalue weighted by atomic mass is 16.7. The summed E-state index contributed by atoms with van der Waals surface area (Å²) in [5, 5.41) is 94.4. The van der Waals surface area contributed by atoms with Gasteiger partial charge in [-0.15, -0.1) is 0 Å². The molecular weight excluding hydrogens is 776 g/mol. The monoisotopic (exact) mass is 816 g/mol. The lowest BCUT2D eigenvalue weighted by molar-refractivity contribution is -0.342. The molecule has 9 unspecified atom stereocenters. The number of phenols is 2. The van der Waals surface area contributed by atoms with Gasteiger partial charge in [-0.05, 0) is 54.6 Å². The number of carboxylic acid groups (broad SMARTS) is 1. The molecule has 9 atom stereocenters. The first-order valence-electron chi connectivity index (χ1n) is 18.3. The summed E-state index contributed by atoms with van der Waals surface area (Å²) in [6.07, 6.45) is -6.95. The second-order valence-electron chi connectivity index (χ2n) is 14.5. The molecule has 2 bridgehead atoms. The molecule has 0 amide bonds. The lowest BCUT2D eigenvalue weighted by Crippen LogP contribution is -2.79. The van der Waals surface area contributed by atoms with Gasteiger partial charge in [-0.2, -0.15) is 0 Å². The number of carboxylic acids is 1. The van der Waals surface area contributed by atoms with Crippen LogP contribution in [0.4, 0.5) is 5.82 Å². The van der Waals surface area contributed by atoms with E-state index in [1.165, 1.54) is 30.3 Å². The number of ether oxygens (including phenoxy) is 4. The number of nitrogen functional groups attached to an aromatic ring is 1. The van der Waals surface area contributed by atoms with Crippen molar-refractivity contribution in [3.05, 3.63) is 106 Å². The van der Waals surface area contributed by atoms with Gasteiger partial charge in [-0.3, -0.25) is 10.1 Å². The van der Waals surface area contributed by atoms with Crippen LogP contribution in [0.1, 0.15) is 23.7 Å². The molecule has 2 fully saturated rings. The Morgan fingerprint density at radius 3 is 2.49 bits per heavy atom. The van der Waals surface area contributed by atoms with E-state index in [1.807, 2.05) is 0 Å². The van der Waals surface area contributed by atoms with Gasteiger partial charge >= 0.3 is 5.97 Å². The zero-order valence-corrected chi connectivity index (χ0v) is 30.8. The van der Waals surface area contributed by atoms with Gasteiger partial charge in [0, 0.05) is 54.1 Å². The van der Waals surface area contributed by atoms with Crippen molar-refractivity contribution in [1.29, 1.82) is 0 Å². The topological polar surface area (TPSA) is 312 Å². The van der Waals surface area contributed by atoms with Gasteiger partial charge in [0.15, 0.2) is 28.6 Å². The molecule has 19 nitrogen and oxygen atoms in total. The number of nitrogens with two attached hydrogens (primary N) is 1. The van der Waals surface area contributed by atoms with Crippen molar-refractivity contribution in [2.24, 2.45) is 5.92 Å². The van der Waals surface area contributed by atoms with Crippen LogP contribution in [0.25, 0.3) is 22.3 Å². The highest BCUT2D eigenvalue weighted by Crippen LogP contribution is 2.50. The molecule has 2 aliphatic heterocycles. The summed E-state index contributed by atoms with van der Waals surface area (Å²) in [7, 11) is 0. The van der Waals surface area contributed by atoms with E-state index in [0.29, 0.717) is 36.0 Å². The molecule has 310 valence electrons. The van der Waals surface area contributed by atoms with E-state index >= 15 is 0 Å². The molecule has 8 rings (SSSR count). The molecule has 4 heterocycles. The normalized spacial score (nSPS) is 27.3. The second kappa shape index (κ2) is 15.2. The minimum atomic E-state index is -2.62. The van der Waals surface area contributed by atoms with Crippen LogP contribution < -0.4 is 36.0 Å². The molecule has 13 N–H and O–H groups in total. The van der Waals surface area contributed by atoms with Crippen LogP contribution in [-0.2, 0) is 9.53 Å². The fourth-order valence-electron chi connectivity index (χ4n) is 7.70. The molecule has 0 saturated carbocycles. The van der Waals surface area contributed by atoms with Gasteiger partial charge in [0.25, 0.3) is 0 Å². The smallest absolute Gasteiger partial charge is 0.336 e. The molecule has 59 heavy (non-hydrogen) atoms.